The predicted molar refractivity (Wildman–Crippen MR) is 122 cm³/mol. The number of allylic oxidation sites excluding steroid dienone is 1. The average Bonchev–Trinajstić information content (AvgIpc) is 2.79. The summed E-state index contributed by atoms with van der Waals surface area (Å²) in [6.07, 6.45) is 9.76. The number of likely N-dealkylation sites (tertiary alicyclic amines) is 1. The summed E-state index contributed by atoms with van der Waals surface area (Å²) >= 11 is 0. The second-order valence-electron chi connectivity index (χ2n) is 8.46. The molecule has 0 radical (unpaired) electrons. The number of methoxy groups -OCH3 is 2. The summed E-state index contributed by atoms with van der Waals surface area (Å²) in [6.45, 7) is 2.32. The SMILES string of the molecule is COc1cc(C(=O)NCCC2=CCCCC2)cc(NC(=O)C2CCCN(C)C2)c1OC. The van der Waals surface area contributed by atoms with E-state index in [-0.39, 0.29) is 17.7 Å². The van der Waals surface area contributed by atoms with E-state index < -0.39 is 0 Å². The Balaban J connectivity index is 1.71. The minimum absolute atomic E-state index is 0.0614. The number of ether oxygens (including phenoxy) is 2. The summed E-state index contributed by atoms with van der Waals surface area (Å²) in [5.41, 5.74) is 2.32. The smallest absolute Gasteiger partial charge is 0.251 e. The maximum atomic E-state index is 12.9. The topological polar surface area (TPSA) is 79.9 Å². The quantitative estimate of drug-likeness (QED) is 0.617. The molecule has 0 aromatic heterocycles. The number of carbonyl (C=O) groups excluding carboxylic acids is 2. The number of piperidine rings is 1. The van der Waals surface area contributed by atoms with E-state index in [4.69, 9.17) is 9.47 Å². The maximum Gasteiger partial charge on any atom is 0.251 e. The molecular formula is C24H35N3O4. The van der Waals surface area contributed by atoms with E-state index in [0.717, 1.165) is 45.2 Å². The Morgan fingerprint density at radius 3 is 2.68 bits per heavy atom. The molecule has 31 heavy (non-hydrogen) atoms. The van der Waals surface area contributed by atoms with Crippen molar-refractivity contribution in [2.24, 2.45) is 5.92 Å². The highest BCUT2D eigenvalue weighted by Crippen LogP contribution is 2.37. The van der Waals surface area contributed by atoms with Crippen LogP contribution in [-0.4, -0.2) is 57.6 Å². The Morgan fingerprint density at radius 1 is 1.16 bits per heavy atom. The highest BCUT2D eigenvalue weighted by atomic mass is 16.5. The first-order valence-electron chi connectivity index (χ1n) is 11.2. The minimum Gasteiger partial charge on any atom is -0.493 e. The molecule has 0 bridgehead atoms. The highest BCUT2D eigenvalue weighted by Gasteiger charge is 2.26. The summed E-state index contributed by atoms with van der Waals surface area (Å²) < 4.78 is 10.9. The molecule has 1 fully saturated rings. The third-order valence-corrected chi connectivity index (χ3v) is 6.11. The van der Waals surface area contributed by atoms with Crippen molar-refractivity contribution in [3.63, 3.8) is 0 Å². The van der Waals surface area contributed by atoms with Crippen molar-refractivity contribution >= 4 is 17.5 Å². The van der Waals surface area contributed by atoms with E-state index >= 15 is 0 Å². The van der Waals surface area contributed by atoms with Gasteiger partial charge in [-0.1, -0.05) is 11.6 Å². The molecule has 1 aliphatic heterocycles. The van der Waals surface area contributed by atoms with Gasteiger partial charge < -0.3 is 25.0 Å². The molecule has 1 saturated heterocycles. The molecule has 1 unspecified atom stereocenters. The lowest BCUT2D eigenvalue weighted by molar-refractivity contribution is -0.121. The lowest BCUT2D eigenvalue weighted by Crippen LogP contribution is -2.38. The number of hydrogen-bond donors (Lipinski definition) is 2. The number of hydrogen-bond acceptors (Lipinski definition) is 5. The van der Waals surface area contributed by atoms with E-state index in [1.54, 1.807) is 12.1 Å². The molecule has 2 aliphatic rings. The highest BCUT2D eigenvalue weighted by molar-refractivity contribution is 6.00. The van der Waals surface area contributed by atoms with E-state index in [1.165, 1.54) is 32.6 Å². The molecule has 170 valence electrons. The van der Waals surface area contributed by atoms with Gasteiger partial charge in [0.15, 0.2) is 11.5 Å². The van der Waals surface area contributed by atoms with Crippen LogP contribution in [0, 0.1) is 5.92 Å². The van der Waals surface area contributed by atoms with Crippen LogP contribution in [0.15, 0.2) is 23.8 Å². The molecule has 2 N–H and O–H groups in total. The fourth-order valence-electron chi connectivity index (χ4n) is 4.37. The van der Waals surface area contributed by atoms with Crippen LogP contribution < -0.4 is 20.1 Å². The molecule has 0 saturated carbocycles. The molecule has 7 heteroatoms. The van der Waals surface area contributed by atoms with Crippen molar-refractivity contribution in [1.29, 1.82) is 0 Å². The zero-order valence-corrected chi connectivity index (χ0v) is 19.0. The van der Waals surface area contributed by atoms with Gasteiger partial charge in [0.05, 0.1) is 25.8 Å². The lowest BCUT2D eigenvalue weighted by atomic mass is 9.97. The van der Waals surface area contributed by atoms with Crippen LogP contribution in [-0.2, 0) is 4.79 Å². The zero-order valence-electron chi connectivity index (χ0n) is 19.0. The van der Waals surface area contributed by atoms with Gasteiger partial charge in [-0.3, -0.25) is 9.59 Å². The van der Waals surface area contributed by atoms with E-state index in [1.807, 2.05) is 7.05 Å². The van der Waals surface area contributed by atoms with Gasteiger partial charge in [0, 0.05) is 18.7 Å². The Morgan fingerprint density at radius 2 is 2.00 bits per heavy atom. The molecule has 1 aliphatic carbocycles. The normalized spacial score (nSPS) is 19.3. The molecular weight excluding hydrogens is 394 g/mol. The van der Waals surface area contributed by atoms with Gasteiger partial charge in [0.25, 0.3) is 5.91 Å². The van der Waals surface area contributed by atoms with Crippen molar-refractivity contribution in [3.8, 4) is 11.5 Å². The van der Waals surface area contributed by atoms with Gasteiger partial charge >= 0.3 is 0 Å². The zero-order chi connectivity index (χ0) is 22.2. The number of rotatable bonds is 8. The van der Waals surface area contributed by atoms with Gasteiger partial charge in [-0.15, -0.1) is 0 Å². The van der Waals surface area contributed by atoms with Crippen LogP contribution >= 0.6 is 0 Å². The molecule has 1 atom stereocenters. The molecule has 0 spiro atoms. The largest absolute Gasteiger partial charge is 0.493 e. The number of carbonyl (C=O) groups is 2. The molecule has 7 nitrogen and oxygen atoms in total. The number of amides is 2. The van der Waals surface area contributed by atoms with Crippen LogP contribution in [0.25, 0.3) is 0 Å². The van der Waals surface area contributed by atoms with Crippen molar-refractivity contribution in [3.05, 3.63) is 29.3 Å². The minimum atomic E-state index is -0.190. The lowest BCUT2D eigenvalue weighted by Gasteiger charge is -2.29. The van der Waals surface area contributed by atoms with Crippen LogP contribution in [0.5, 0.6) is 11.5 Å². The maximum absolute atomic E-state index is 12.9. The van der Waals surface area contributed by atoms with Crippen LogP contribution in [0.1, 0.15) is 55.3 Å². The van der Waals surface area contributed by atoms with Crippen molar-refractivity contribution in [2.45, 2.75) is 44.9 Å². The average molecular weight is 430 g/mol. The molecule has 1 heterocycles. The first-order chi connectivity index (χ1) is 15.0. The van der Waals surface area contributed by atoms with Gasteiger partial charge in [-0.2, -0.15) is 0 Å². The van der Waals surface area contributed by atoms with E-state index in [0.29, 0.717) is 29.3 Å². The van der Waals surface area contributed by atoms with E-state index in [9.17, 15) is 9.59 Å². The second-order valence-corrected chi connectivity index (χ2v) is 8.46. The summed E-state index contributed by atoms with van der Waals surface area (Å²) in [4.78, 5) is 27.8. The number of nitrogens with zero attached hydrogens (tertiary/aromatic N) is 1. The number of nitrogens with one attached hydrogen (secondary N) is 2. The standard InChI is InChI=1S/C24H35N3O4/c1-27-13-7-10-18(16-27)24(29)26-20-14-19(15-21(30-2)22(20)31-3)23(28)25-12-11-17-8-5-4-6-9-17/h8,14-15,18H,4-7,9-13,16H2,1-3H3,(H,25,28)(H,26,29). The Labute approximate surface area is 185 Å². The summed E-state index contributed by atoms with van der Waals surface area (Å²) in [7, 11) is 5.08. The number of benzene rings is 1. The number of anilines is 1. The van der Waals surface area contributed by atoms with Crippen LogP contribution in [0.4, 0.5) is 5.69 Å². The summed E-state index contributed by atoms with van der Waals surface area (Å²) in [5.74, 6) is 0.500. The third kappa shape index (κ3) is 6.23. The van der Waals surface area contributed by atoms with Crippen LogP contribution in [0.2, 0.25) is 0 Å². The Hall–Kier alpha value is -2.54. The predicted octanol–water partition coefficient (Wildman–Crippen LogP) is 3.60. The summed E-state index contributed by atoms with van der Waals surface area (Å²) in [6, 6.07) is 3.32. The summed E-state index contributed by atoms with van der Waals surface area (Å²) in [5, 5.41) is 5.96. The second kappa shape index (κ2) is 11.2. The molecule has 1 aromatic carbocycles. The fourth-order valence-corrected chi connectivity index (χ4v) is 4.37. The first kappa shape index (κ1) is 23.1. The van der Waals surface area contributed by atoms with Crippen molar-refractivity contribution in [2.75, 3.05) is 46.2 Å². The molecule has 2 amide bonds. The van der Waals surface area contributed by atoms with Gasteiger partial charge in [0.2, 0.25) is 5.91 Å². The van der Waals surface area contributed by atoms with Gasteiger partial charge in [-0.05, 0) is 70.7 Å². The third-order valence-electron chi connectivity index (χ3n) is 6.11. The van der Waals surface area contributed by atoms with Crippen molar-refractivity contribution < 1.29 is 19.1 Å². The van der Waals surface area contributed by atoms with E-state index in [2.05, 4.69) is 21.6 Å². The van der Waals surface area contributed by atoms with Crippen molar-refractivity contribution in [1.82, 2.24) is 10.2 Å². The fraction of sp³-hybridized carbons (Fsp3) is 0.583. The molecule has 1 aromatic rings. The first-order valence-corrected chi connectivity index (χ1v) is 11.2. The molecule has 3 rings (SSSR count). The Bertz CT molecular complexity index is 821. The Kier molecular flexibility index (Phi) is 8.35. The van der Waals surface area contributed by atoms with Gasteiger partial charge in [0.1, 0.15) is 0 Å². The monoisotopic (exact) mass is 429 g/mol. The van der Waals surface area contributed by atoms with Crippen LogP contribution in [0.3, 0.4) is 0 Å². The van der Waals surface area contributed by atoms with Gasteiger partial charge in [-0.25, -0.2) is 0 Å².